The van der Waals surface area contributed by atoms with Gasteiger partial charge in [-0.15, -0.1) is 11.3 Å². The second-order valence-electron chi connectivity index (χ2n) is 5.73. The second-order valence-corrected chi connectivity index (χ2v) is 6.63. The summed E-state index contributed by atoms with van der Waals surface area (Å²) in [4.78, 5) is 20.0. The van der Waals surface area contributed by atoms with Crippen LogP contribution in [0.2, 0.25) is 0 Å². The van der Waals surface area contributed by atoms with Crippen LogP contribution in [-0.4, -0.2) is 20.4 Å². The minimum atomic E-state index is -0.0374. The summed E-state index contributed by atoms with van der Waals surface area (Å²) in [5.74, 6) is -0.0374. The van der Waals surface area contributed by atoms with Crippen LogP contribution in [0.15, 0.2) is 60.4 Å². The number of benzene rings is 2. The normalized spacial score (nSPS) is 10.9. The molecule has 1 amide bonds. The largest absolute Gasteiger partial charge is 0.352 e. The van der Waals surface area contributed by atoms with Gasteiger partial charge in [-0.25, -0.2) is 9.97 Å². The third-order valence-corrected chi connectivity index (χ3v) is 4.78. The molecule has 0 spiro atoms. The Hall–Kier alpha value is -2.99. The first-order valence-electron chi connectivity index (χ1n) is 7.91. The Bertz CT molecular complexity index is 1040. The molecule has 0 radical (unpaired) electrons. The summed E-state index contributed by atoms with van der Waals surface area (Å²) in [6.07, 6.45) is 3.64. The number of fused-ring (bicyclic) bond motifs is 1. The van der Waals surface area contributed by atoms with Crippen molar-refractivity contribution in [3.63, 3.8) is 0 Å². The third-order valence-electron chi connectivity index (χ3n) is 3.96. The van der Waals surface area contributed by atoms with E-state index in [1.165, 1.54) is 6.92 Å². The van der Waals surface area contributed by atoms with Crippen molar-refractivity contribution >= 4 is 28.3 Å². The van der Waals surface area contributed by atoms with Gasteiger partial charge in [0.2, 0.25) is 5.91 Å². The number of aromatic nitrogens is 3. The fourth-order valence-corrected chi connectivity index (χ4v) is 3.39. The predicted molar refractivity (Wildman–Crippen MR) is 99.7 cm³/mol. The topological polar surface area (TPSA) is 59.8 Å². The maximum absolute atomic E-state index is 11.1. The van der Waals surface area contributed by atoms with Crippen LogP contribution in [-0.2, 0) is 11.3 Å². The number of thiazole rings is 1. The van der Waals surface area contributed by atoms with Gasteiger partial charge in [-0.1, -0.05) is 18.2 Å². The number of hydrogen-bond acceptors (Lipinski definition) is 4. The summed E-state index contributed by atoms with van der Waals surface area (Å²) < 4.78 is 2.06. The van der Waals surface area contributed by atoms with Crippen LogP contribution in [0.5, 0.6) is 0 Å². The van der Waals surface area contributed by atoms with Crippen LogP contribution in [0, 0.1) is 0 Å². The summed E-state index contributed by atoms with van der Waals surface area (Å²) in [5, 5.41) is 5.79. The van der Waals surface area contributed by atoms with E-state index in [-0.39, 0.29) is 5.91 Å². The molecule has 0 saturated heterocycles. The van der Waals surface area contributed by atoms with Crippen molar-refractivity contribution < 1.29 is 4.79 Å². The van der Waals surface area contributed by atoms with Crippen molar-refractivity contribution in [1.29, 1.82) is 0 Å². The number of imidazole rings is 1. The molecule has 2 aromatic heterocycles. The molecule has 0 aliphatic carbocycles. The summed E-state index contributed by atoms with van der Waals surface area (Å²) in [6, 6.07) is 14.3. The smallest absolute Gasteiger partial charge is 0.217 e. The lowest BCUT2D eigenvalue weighted by Gasteiger charge is -2.07. The minimum absolute atomic E-state index is 0.0374. The molecule has 0 fully saturated rings. The highest BCUT2D eigenvalue weighted by Gasteiger charge is 2.08. The van der Waals surface area contributed by atoms with E-state index in [9.17, 15) is 4.79 Å². The van der Waals surface area contributed by atoms with Crippen molar-refractivity contribution in [1.82, 2.24) is 19.9 Å². The van der Waals surface area contributed by atoms with Crippen LogP contribution >= 0.6 is 11.3 Å². The Labute approximate surface area is 149 Å². The van der Waals surface area contributed by atoms with Gasteiger partial charge in [-0.05, 0) is 29.8 Å². The highest BCUT2D eigenvalue weighted by Crippen LogP contribution is 2.26. The van der Waals surface area contributed by atoms with Gasteiger partial charge in [-0.3, -0.25) is 9.36 Å². The second kappa shape index (κ2) is 6.49. The van der Waals surface area contributed by atoms with E-state index in [4.69, 9.17) is 0 Å². The number of carbonyl (C=O) groups is 1. The van der Waals surface area contributed by atoms with E-state index in [2.05, 4.69) is 38.1 Å². The molecule has 0 aliphatic rings. The number of nitrogens with one attached hydrogen (secondary N) is 1. The molecule has 0 unspecified atom stereocenters. The molecular formula is C19H16N4OS. The van der Waals surface area contributed by atoms with E-state index < -0.39 is 0 Å². The summed E-state index contributed by atoms with van der Waals surface area (Å²) >= 11 is 1.62. The van der Waals surface area contributed by atoms with Gasteiger partial charge >= 0.3 is 0 Å². The zero-order valence-corrected chi connectivity index (χ0v) is 14.5. The van der Waals surface area contributed by atoms with E-state index in [1.54, 1.807) is 11.3 Å². The summed E-state index contributed by atoms with van der Waals surface area (Å²) in [7, 11) is 0. The number of carbonyl (C=O) groups excluding carboxylic acids is 1. The zero-order chi connectivity index (χ0) is 17.2. The van der Waals surface area contributed by atoms with E-state index in [0.29, 0.717) is 6.54 Å². The molecule has 25 heavy (non-hydrogen) atoms. The average molecular weight is 348 g/mol. The number of amides is 1. The fraction of sp³-hybridized carbons (Fsp3) is 0.105. The Morgan fingerprint density at radius 1 is 1.20 bits per heavy atom. The number of rotatable bonds is 4. The van der Waals surface area contributed by atoms with Gasteiger partial charge in [-0.2, -0.15) is 0 Å². The van der Waals surface area contributed by atoms with Gasteiger partial charge in [0.1, 0.15) is 11.3 Å². The average Bonchev–Trinajstić information content (AvgIpc) is 3.29. The van der Waals surface area contributed by atoms with Crippen LogP contribution in [0.4, 0.5) is 0 Å². The van der Waals surface area contributed by atoms with Gasteiger partial charge in [0, 0.05) is 36.3 Å². The molecule has 0 aliphatic heterocycles. The van der Waals surface area contributed by atoms with E-state index in [1.807, 2.05) is 42.2 Å². The van der Waals surface area contributed by atoms with Crippen molar-refractivity contribution in [2.75, 3.05) is 0 Å². The van der Waals surface area contributed by atoms with E-state index in [0.717, 1.165) is 32.9 Å². The first-order valence-corrected chi connectivity index (χ1v) is 8.79. The molecule has 2 heterocycles. The molecule has 5 nitrogen and oxygen atoms in total. The molecule has 4 rings (SSSR count). The Balaban J connectivity index is 1.70. The lowest BCUT2D eigenvalue weighted by Crippen LogP contribution is -2.18. The first-order chi connectivity index (χ1) is 12.2. The fourth-order valence-electron chi connectivity index (χ4n) is 2.76. The quantitative estimate of drug-likeness (QED) is 0.610. The molecule has 1 N–H and O–H groups in total. The lowest BCUT2D eigenvalue weighted by atomic mass is 10.1. The van der Waals surface area contributed by atoms with E-state index >= 15 is 0 Å². The molecule has 2 aromatic carbocycles. The maximum atomic E-state index is 11.1. The summed E-state index contributed by atoms with van der Waals surface area (Å²) in [6.45, 7) is 2.03. The number of hydrogen-bond donors (Lipinski definition) is 1. The monoisotopic (exact) mass is 348 g/mol. The van der Waals surface area contributed by atoms with Crippen molar-refractivity contribution in [2.24, 2.45) is 0 Å². The van der Waals surface area contributed by atoms with Crippen molar-refractivity contribution in [3.8, 4) is 16.3 Å². The lowest BCUT2D eigenvalue weighted by molar-refractivity contribution is -0.119. The zero-order valence-electron chi connectivity index (χ0n) is 13.6. The maximum Gasteiger partial charge on any atom is 0.217 e. The summed E-state index contributed by atoms with van der Waals surface area (Å²) in [5.41, 5.74) is 5.11. The van der Waals surface area contributed by atoms with Gasteiger partial charge < -0.3 is 5.32 Å². The third kappa shape index (κ3) is 3.16. The predicted octanol–water partition coefficient (Wildman–Crippen LogP) is 3.79. The Kier molecular flexibility index (Phi) is 4.03. The van der Waals surface area contributed by atoms with Crippen LogP contribution in [0.25, 0.3) is 27.3 Å². The molecule has 6 heteroatoms. The first kappa shape index (κ1) is 15.5. The van der Waals surface area contributed by atoms with Crippen LogP contribution in [0.3, 0.4) is 0 Å². The molecular weight excluding hydrogens is 332 g/mol. The Morgan fingerprint density at radius 3 is 2.92 bits per heavy atom. The SMILES string of the molecule is CC(=O)NCc1ccc2c(c1)ncn2-c1cccc(-c2nccs2)c1. The number of nitrogens with zero attached hydrogens (tertiary/aromatic N) is 3. The molecule has 4 aromatic rings. The highest BCUT2D eigenvalue weighted by molar-refractivity contribution is 7.13. The standard InChI is InChI=1S/C19H16N4OS/c1-13(24)21-11-14-5-6-18-17(9-14)22-12-23(18)16-4-2-3-15(10-16)19-20-7-8-25-19/h2-10,12H,11H2,1H3,(H,21,24). The molecule has 0 saturated carbocycles. The van der Waals surface area contributed by atoms with Crippen LogP contribution < -0.4 is 5.32 Å². The minimum Gasteiger partial charge on any atom is -0.352 e. The van der Waals surface area contributed by atoms with Gasteiger partial charge in [0.05, 0.1) is 11.0 Å². The Morgan fingerprint density at radius 2 is 2.12 bits per heavy atom. The van der Waals surface area contributed by atoms with Crippen molar-refractivity contribution in [2.45, 2.75) is 13.5 Å². The molecule has 0 bridgehead atoms. The highest BCUT2D eigenvalue weighted by atomic mass is 32.1. The van der Waals surface area contributed by atoms with Gasteiger partial charge in [0.15, 0.2) is 0 Å². The molecule has 0 atom stereocenters. The molecule has 124 valence electrons. The van der Waals surface area contributed by atoms with Gasteiger partial charge in [0.25, 0.3) is 0 Å². The van der Waals surface area contributed by atoms with Crippen LogP contribution in [0.1, 0.15) is 12.5 Å². The van der Waals surface area contributed by atoms with Crippen molar-refractivity contribution in [3.05, 3.63) is 65.9 Å².